The molecule has 152 valence electrons. The van der Waals surface area contributed by atoms with Gasteiger partial charge in [0, 0.05) is 42.9 Å². The highest BCUT2D eigenvalue weighted by atomic mass is 16.1. The number of hydrogen-bond acceptors (Lipinski definition) is 5. The third-order valence-electron chi connectivity index (χ3n) is 4.68. The topological polar surface area (TPSA) is 60.5 Å². The average molecular weight is 384 g/mol. The molecule has 6 nitrogen and oxygen atoms in total. The second-order valence-corrected chi connectivity index (χ2v) is 7.14. The molecule has 0 saturated heterocycles. The van der Waals surface area contributed by atoms with Crippen molar-refractivity contribution in [2.75, 3.05) is 50.5 Å². The van der Waals surface area contributed by atoms with Gasteiger partial charge in [-0.1, -0.05) is 0 Å². The van der Waals surface area contributed by atoms with Gasteiger partial charge in [-0.25, -0.2) is 0 Å². The number of benzene rings is 1. The molecule has 0 atom stereocenters. The van der Waals surface area contributed by atoms with Crippen LogP contribution in [-0.2, 0) is 0 Å². The number of rotatable bonds is 10. The van der Waals surface area contributed by atoms with Crippen LogP contribution in [0.3, 0.4) is 0 Å². The summed E-state index contributed by atoms with van der Waals surface area (Å²) in [7, 11) is 4.05. The molecule has 0 unspecified atom stereocenters. The Morgan fingerprint density at radius 2 is 1.86 bits per heavy atom. The molecule has 1 aromatic carbocycles. The zero-order chi connectivity index (χ0) is 20.5. The van der Waals surface area contributed by atoms with E-state index in [1.807, 2.05) is 20.2 Å². The van der Waals surface area contributed by atoms with Gasteiger partial charge in [-0.2, -0.15) is 0 Å². The summed E-state index contributed by atoms with van der Waals surface area (Å²) < 4.78 is 0. The lowest BCUT2D eigenvalue weighted by molar-refractivity contribution is 0.0947. The smallest absolute Gasteiger partial charge is 0.269 e. The van der Waals surface area contributed by atoms with Crippen molar-refractivity contribution in [2.24, 2.45) is 0 Å². The molecule has 0 aliphatic carbocycles. The van der Waals surface area contributed by atoms with Crippen LogP contribution in [0.2, 0.25) is 0 Å². The Morgan fingerprint density at radius 1 is 1.11 bits per heavy atom. The van der Waals surface area contributed by atoms with Gasteiger partial charge < -0.3 is 20.4 Å². The summed E-state index contributed by atoms with van der Waals surface area (Å²) in [5, 5.41) is 6.33. The van der Waals surface area contributed by atoms with Crippen LogP contribution in [0.5, 0.6) is 0 Å². The van der Waals surface area contributed by atoms with Crippen molar-refractivity contribution < 1.29 is 4.79 Å². The van der Waals surface area contributed by atoms with Gasteiger partial charge in [0.05, 0.1) is 0 Å². The van der Waals surface area contributed by atoms with Gasteiger partial charge >= 0.3 is 0 Å². The van der Waals surface area contributed by atoms with E-state index in [1.54, 1.807) is 12.3 Å². The fraction of sp³-hybridized carbons (Fsp3) is 0.455. The zero-order valence-electron chi connectivity index (χ0n) is 17.7. The number of hydrogen-bond donors (Lipinski definition) is 2. The summed E-state index contributed by atoms with van der Waals surface area (Å²) >= 11 is 0. The van der Waals surface area contributed by atoms with Crippen molar-refractivity contribution in [3.8, 4) is 0 Å². The summed E-state index contributed by atoms with van der Waals surface area (Å²) in [6.45, 7) is 9.97. The van der Waals surface area contributed by atoms with Crippen molar-refractivity contribution >= 4 is 23.0 Å². The standard InChI is InChI=1S/C22H33N5O/c1-6-27(7-2)19-9-10-20(17(3)15-19)25-18-11-13-23-21(16-18)22(28)24-12-8-14-26(4)5/h9-11,13,15-16H,6-8,12,14H2,1-5H3,(H,23,25)(H,24,28). The van der Waals surface area contributed by atoms with Gasteiger partial charge in [0.15, 0.2) is 0 Å². The van der Waals surface area contributed by atoms with Crippen molar-refractivity contribution in [1.29, 1.82) is 0 Å². The highest BCUT2D eigenvalue weighted by Crippen LogP contribution is 2.25. The van der Waals surface area contributed by atoms with E-state index in [2.05, 4.69) is 64.4 Å². The quantitative estimate of drug-likeness (QED) is 0.613. The van der Waals surface area contributed by atoms with Gasteiger partial charge in [-0.3, -0.25) is 9.78 Å². The molecular weight excluding hydrogens is 350 g/mol. The minimum absolute atomic E-state index is 0.143. The number of carbonyl (C=O) groups excluding carboxylic acids is 1. The van der Waals surface area contributed by atoms with Crippen LogP contribution in [0.25, 0.3) is 0 Å². The van der Waals surface area contributed by atoms with Crippen molar-refractivity contribution in [3.05, 3.63) is 47.8 Å². The Labute approximate surface area is 169 Å². The first-order valence-electron chi connectivity index (χ1n) is 9.96. The second kappa shape index (κ2) is 10.7. The van der Waals surface area contributed by atoms with E-state index in [-0.39, 0.29) is 5.91 Å². The number of nitrogens with zero attached hydrogens (tertiary/aromatic N) is 3. The minimum Gasteiger partial charge on any atom is -0.372 e. The zero-order valence-corrected chi connectivity index (χ0v) is 17.7. The maximum absolute atomic E-state index is 12.3. The summed E-state index contributed by atoms with van der Waals surface area (Å²) in [5.41, 5.74) is 4.69. The van der Waals surface area contributed by atoms with Crippen molar-refractivity contribution in [2.45, 2.75) is 27.2 Å². The highest BCUT2D eigenvalue weighted by molar-refractivity contribution is 5.93. The molecular formula is C22H33N5O. The summed E-state index contributed by atoms with van der Waals surface area (Å²) in [5.74, 6) is -0.143. The molecule has 0 spiro atoms. The Kier molecular flexibility index (Phi) is 8.26. The highest BCUT2D eigenvalue weighted by Gasteiger charge is 2.09. The molecule has 2 rings (SSSR count). The van der Waals surface area contributed by atoms with Crippen molar-refractivity contribution in [3.63, 3.8) is 0 Å². The van der Waals surface area contributed by atoms with Gasteiger partial charge in [-0.15, -0.1) is 0 Å². The summed E-state index contributed by atoms with van der Waals surface area (Å²) in [6, 6.07) is 10.1. The van der Waals surface area contributed by atoms with E-state index in [1.165, 1.54) is 5.69 Å². The lowest BCUT2D eigenvalue weighted by Gasteiger charge is -2.22. The number of aryl methyl sites for hydroxylation is 1. The SMILES string of the molecule is CCN(CC)c1ccc(Nc2ccnc(C(=O)NCCCN(C)C)c2)c(C)c1. The summed E-state index contributed by atoms with van der Waals surface area (Å²) in [6.07, 6.45) is 2.57. The average Bonchev–Trinajstić information content (AvgIpc) is 2.68. The molecule has 2 aromatic rings. The minimum atomic E-state index is -0.143. The first-order chi connectivity index (χ1) is 13.4. The molecule has 28 heavy (non-hydrogen) atoms. The Bertz CT molecular complexity index is 771. The van der Waals surface area contributed by atoms with Crippen LogP contribution >= 0.6 is 0 Å². The number of carbonyl (C=O) groups is 1. The van der Waals surface area contributed by atoms with Gasteiger partial charge in [0.2, 0.25) is 0 Å². The first-order valence-corrected chi connectivity index (χ1v) is 9.96. The van der Waals surface area contributed by atoms with Crippen LogP contribution in [0.1, 0.15) is 36.3 Å². The van der Waals surface area contributed by atoms with Gasteiger partial charge in [-0.05, 0) is 83.7 Å². The molecule has 0 radical (unpaired) electrons. The molecule has 0 aliphatic rings. The molecule has 6 heteroatoms. The van der Waals surface area contributed by atoms with Crippen molar-refractivity contribution in [1.82, 2.24) is 15.2 Å². The van der Waals surface area contributed by atoms with E-state index in [0.29, 0.717) is 12.2 Å². The molecule has 0 aliphatic heterocycles. The third-order valence-corrected chi connectivity index (χ3v) is 4.68. The number of anilines is 3. The second-order valence-electron chi connectivity index (χ2n) is 7.14. The van der Waals surface area contributed by atoms with E-state index in [9.17, 15) is 4.79 Å². The molecule has 0 bridgehead atoms. The molecule has 0 fully saturated rings. The number of nitrogens with one attached hydrogen (secondary N) is 2. The fourth-order valence-corrected chi connectivity index (χ4v) is 3.05. The third kappa shape index (κ3) is 6.23. The molecule has 1 amide bonds. The van der Waals surface area contributed by atoms with E-state index in [0.717, 1.165) is 43.0 Å². The number of aromatic nitrogens is 1. The molecule has 2 N–H and O–H groups in total. The predicted molar refractivity (Wildman–Crippen MR) is 118 cm³/mol. The first kappa shape index (κ1) is 21.7. The van der Waals surface area contributed by atoms with Gasteiger partial charge in [0.25, 0.3) is 5.91 Å². The Balaban J connectivity index is 2.03. The monoisotopic (exact) mass is 383 g/mol. The van der Waals surface area contributed by atoms with Gasteiger partial charge in [0.1, 0.15) is 5.69 Å². The lowest BCUT2D eigenvalue weighted by atomic mass is 10.1. The van der Waals surface area contributed by atoms with E-state index < -0.39 is 0 Å². The van der Waals surface area contributed by atoms with E-state index in [4.69, 9.17) is 0 Å². The largest absolute Gasteiger partial charge is 0.372 e. The Morgan fingerprint density at radius 3 is 2.50 bits per heavy atom. The predicted octanol–water partition coefficient (Wildman–Crippen LogP) is 3.66. The van der Waals surface area contributed by atoms with Crippen LogP contribution in [0.4, 0.5) is 17.1 Å². The molecule has 1 heterocycles. The maximum Gasteiger partial charge on any atom is 0.269 e. The number of pyridine rings is 1. The maximum atomic E-state index is 12.3. The molecule has 1 aromatic heterocycles. The normalized spacial score (nSPS) is 10.8. The van der Waals surface area contributed by atoms with Crippen LogP contribution in [0, 0.1) is 6.92 Å². The van der Waals surface area contributed by atoms with E-state index >= 15 is 0 Å². The Hall–Kier alpha value is -2.60. The van der Waals surface area contributed by atoms with Crippen LogP contribution in [-0.4, -0.2) is 56.1 Å². The number of amides is 1. The molecule has 0 saturated carbocycles. The lowest BCUT2D eigenvalue weighted by Crippen LogP contribution is -2.27. The summed E-state index contributed by atoms with van der Waals surface area (Å²) in [4.78, 5) is 21.0. The van der Waals surface area contributed by atoms with Crippen LogP contribution < -0.4 is 15.5 Å². The van der Waals surface area contributed by atoms with Crippen LogP contribution in [0.15, 0.2) is 36.5 Å². The fourth-order valence-electron chi connectivity index (χ4n) is 3.05.